The average molecular weight is 361 g/mol. The molecule has 0 radical (unpaired) electrons. The first kappa shape index (κ1) is 17.8. The predicted octanol–water partition coefficient (Wildman–Crippen LogP) is 3.32. The van der Waals surface area contributed by atoms with Gasteiger partial charge in [-0.25, -0.2) is 26.3 Å². The highest BCUT2D eigenvalue weighted by atomic mass is 32.2. The zero-order chi connectivity index (χ0) is 16.9. The standard InChI is InChI=1S/C15H14F3NO2S2/c16-12-5-6-15(14(18)9-12)23(20,21)19-7-8-22-10-11-3-1-2-4-13(11)17/h1-6,9,19H,7-8,10H2. The van der Waals surface area contributed by atoms with Crippen molar-refractivity contribution in [2.24, 2.45) is 0 Å². The fourth-order valence-electron chi connectivity index (χ4n) is 1.82. The lowest BCUT2D eigenvalue weighted by atomic mass is 10.2. The van der Waals surface area contributed by atoms with Gasteiger partial charge in [-0.2, -0.15) is 11.8 Å². The molecule has 0 saturated heterocycles. The summed E-state index contributed by atoms with van der Waals surface area (Å²) in [6.45, 7) is 0.0538. The highest BCUT2D eigenvalue weighted by molar-refractivity contribution is 7.98. The summed E-state index contributed by atoms with van der Waals surface area (Å²) in [5, 5.41) is 0. The topological polar surface area (TPSA) is 46.2 Å². The fourth-order valence-corrected chi connectivity index (χ4v) is 3.88. The molecule has 2 rings (SSSR count). The molecule has 0 unspecified atom stereocenters. The van der Waals surface area contributed by atoms with Gasteiger partial charge in [0.25, 0.3) is 0 Å². The van der Waals surface area contributed by atoms with Gasteiger partial charge in [0.15, 0.2) is 0 Å². The van der Waals surface area contributed by atoms with Gasteiger partial charge in [-0.1, -0.05) is 18.2 Å². The summed E-state index contributed by atoms with van der Waals surface area (Å²) in [7, 11) is -4.04. The minimum atomic E-state index is -4.04. The zero-order valence-electron chi connectivity index (χ0n) is 11.9. The van der Waals surface area contributed by atoms with Crippen LogP contribution in [0.2, 0.25) is 0 Å². The molecule has 0 fully saturated rings. The predicted molar refractivity (Wildman–Crippen MR) is 84.1 cm³/mol. The summed E-state index contributed by atoms with van der Waals surface area (Å²) in [6.07, 6.45) is 0. The lowest BCUT2D eigenvalue weighted by molar-refractivity contribution is 0.544. The van der Waals surface area contributed by atoms with Crippen LogP contribution < -0.4 is 4.72 Å². The Hall–Kier alpha value is -1.51. The second kappa shape index (κ2) is 7.85. The van der Waals surface area contributed by atoms with E-state index >= 15 is 0 Å². The van der Waals surface area contributed by atoms with Crippen LogP contribution in [0.4, 0.5) is 13.2 Å². The second-order valence-electron chi connectivity index (χ2n) is 4.62. The monoisotopic (exact) mass is 361 g/mol. The molecule has 2 aromatic rings. The Morgan fingerprint density at radius 3 is 2.43 bits per heavy atom. The van der Waals surface area contributed by atoms with Crippen LogP contribution in [0.3, 0.4) is 0 Å². The molecule has 0 heterocycles. The van der Waals surface area contributed by atoms with Gasteiger partial charge in [0.2, 0.25) is 10.0 Å². The van der Waals surface area contributed by atoms with E-state index in [-0.39, 0.29) is 12.4 Å². The first-order valence-electron chi connectivity index (χ1n) is 6.66. The molecule has 0 aromatic heterocycles. The van der Waals surface area contributed by atoms with E-state index in [2.05, 4.69) is 4.72 Å². The maximum absolute atomic E-state index is 13.5. The van der Waals surface area contributed by atoms with Crippen LogP contribution in [0.15, 0.2) is 47.4 Å². The normalized spacial score (nSPS) is 11.6. The third-order valence-corrected chi connectivity index (χ3v) is 5.44. The van der Waals surface area contributed by atoms with E-state index in [0.29, 0.717) is 23.1 Å². The molecular formula is C15H14F3NO2S2. The van der Waals surface area contributed by atoms with E-state index in [1.54, 1.807) is 18.2 Å². The second-order valence-corrected chi connectivity index (χ2v) is 7.46. The SMILES string of the molecule is O=S(=O)(NCCSCc1ccccc1F)c1ccc(F)cc1F. The van der Waals surface area contributed by atoms with Crippen LogP contribution in [-0.4, -0.2) is 20.7 Å². The average Bonchev–Trinajstić information content (AvgIpc) is 2.48. The molecule has 0 spiro atoms. The quantitative estimate of drug-likeness (QED) is 0.770. The number of hydrogen-bond acceptors (Lipinski definition) is 3. The summed E-state index contributed by atoms with van der Waals surface area (Å²) in [6, 6.07) is 8.59. The third kappa shape index (κ3) is 4.98. The van der Waals surface area contributed by atoms with Crippen molar-refractivity contribution in [2.75, 3.05) is 12.3 Å². The lowest BCUT2D eigenvalue weighted by Gasteiger charge is -2.08. The van der Waals surface area contributed by atoms with Crippen molar-refractivity contribution in [2.45, 2.75) is 10.6 Å². The lowest BCUT2D eigenvalue weighted by Crippen LogP contribution is -2.27. The van der Waals surface area contributed by atoms with Gasteiger partial charge in [0.05, 0.1) is 0 Å². The molecule has 2 aromatic carbocycles. The Bertz CT molecular complexity index is 782. The minimum Gasteiger partial charge on any atom is -0.210 e. The van der Waals surface area contributed by atoms with Crippen LogP contribution in [0.5, 0.6) is 0 Å². The van der Waals surface area contributed by atoms with Gasteiger partial charge in [-0.05, 0) is 23.8 Å². The van der Waals surface area contributed by atoms with E-state index in [9.17, 15) is 21.6 Å². The van der Waals surface area contributed by atoms with Crippen molar-refractivity contribution in [3.8, 4) is 0 Å². The Morgan fingerprint density at radius 2 is 1.74 bits per heavy atom. The van der Waals surface area contributed by atoms with Crippen LogP contribution in [0.25, 0.3) is 0 Å². The van der Waals surface area contributed by atoms with E-state index in [1.165, 1.54) is 17.8 Å². The molecule has 8 heteroatoms. The maximum atomic E-state index is 13.5. The van der Waals surface area contributed by atoms with E-state index in [0.717, 1.165) is 12.1 Å². The number of rotatable bonds is 7. The molecule has 0 aliphatic rings. The molecule has 0 atom stereocenters. The van der Waals surface area contributed by atoms with Crippen molar-refractivity contribution in [3.63, 3.8) is 0 Å². The maximum Gasteiger partial charge on any atom is 0.243 e. The molecule has 0 amide bonds. The highest BCUT2D eigenvalue weighted by Gasteiger charge is 2.18. The summed E-state index contributed by atoms with van der Waals surface area (Å²) in [5.41, 5.74) is 0.532. The molecule has 0 bridgehead atoms. The summed E-state index contributed by atoms with van der Waals surface area (Å²) in [4.78, 5) is -0.599. The molecular weight excluding hydrogens is 347 g/mol. The van der Waals surface area contributed by atoms with Crippen LogP contribution in [-0.2, 0) is 15.8 Å². The Balaban J connectivity index is 1.85. The van der Waals surface area contributed by atoms with Gasteiger partial charge < -0.3 is 0 Å². The Labute approximate surface area is 137 Å². The Morgan fingerprint density at radius 1 is 1.00 bits per heavy atom. The van der Waals surface area contributed by atoms with Crippen molar-refractivity contribution in [1.29, 1.82) is 0 Å². The first-order chi connectivity index (χ1) is 10.9. The zero-order valence-corrected chi connectivity index (χ0v) is 13.6. The van der Waals surface area contributed by atoms with Gasteiger partial charge in [-0.15, -0.1) is 0 Å². The number of thioether (sulfide) groups is 1. The van der Waals surface area contributed by atoms with Gasteiger partial charge in [0.1, 0.15) is 22.3 Å². The van der Waals surface area contributed by atoms with E-state index in [4.69, 9.17) is 0 Å². The Kier molecular flexibility index (Phi) is 6.09. The first-order valence-corrected chi connectivity index (χ1v) is 9.30. The van der Waals surface area contributed by atoms with Crippen molar-refractivity contribution in [3.05, 3.63) is 65.5 Å². The number of hydrogen-bond donors (Lipinski definition) is 1. The van der Waals surface area contributed by atoms with Crippen molar-refractivity contribution in [1.82, 2.24) is 4.72 Å². The number of sulfonamides is 1. The molecule has 0 aliphatic carbocycles. The molecule has 3 nitrogen and oxygen atoms in total. The summed E-state index contributed by atoms with van der Waals surface area (Å²) < 4.78 is 65.7. The highest BCUT2D eigenvalue weighted by Crippen LogP contribution is 2.17. The fraction of sp³-hybridized carbons (Fsp3) is 0.200. The van der Waals surface area contributed by atoms with Gasteiger partial charge >= 0.3 is 0 Å². The molecule has 23 heavy (non-hydrogen) atoms. The van der Waals surface area contributed by atoms with Crippen LogP contribution in [0, 0.1) is 17.5 Å². The van der Waals surface area contributed by atoms with Crippen molar-refractivity contribution < 1.29 is 21.6 Å². The number of nitrogens with one attached hydrogen (secondary N) is 1. The molecule has 124 valence electrons. The molecule has 1 N–H and O–H groups in total. The molecule has 0 aliphatic heterocycles. The molecule has 0 saturated carbocycles. The summed E-state index contributed by atoms with van der Waals surface area (Å²) in [5.74, 6) is -1.51. The van der Waals surface area contributed by atoms with Crippen molar-refractivity contribution >= 4 is 21.8 Å². The van der Waals surface area contributed by atoms with Gasteiger partial charge in [-0.3, -0.25) is 0 Å². The van der Waals surface area contributed by atoms with E-state index in [1.807, 2.05) is 0 Å². The largest absolute Gasteiger partial charge is 0.243 e. The number of halogens is 3. The van der Waals surface area contributed by atoms with Gasteiger partial charge in [0, 0.05) is 24.1 Å². The van der Waals surface area contributed by atoms with Crippen LogP contribution in [0.1, 0.15) is 5.56 Å². The summed E-state index contributed by atoms with van der Waals surface area (Å²) >= 11 is 1.34. The van der Waals surface area contributed by atoms with E-state index < -0.39 is 26.6 Å². The smallest absolute Gasteiger partial charge is 0.210 e. The number of benzene rings is 2. The minimum absolute atomic E-state index is 0.0538. The third-order valence-electron chi connectivity index (χ3n) is 2.94. The van der Waals surface area contributed by atoms with Crippen LogP contribution >= 0.6 is 11.8 Å².